The molecule has 8 heteroatoms. The SMILES string of the molecule is CN1C(=O)CCC(NC(=O)c2ccc(Cl)nc2Cl)C1=O. The summed E-state index contributed by atoms with van der Waals surface area (Å²) in [7, 11) is 1.39. The quantitative estimate of drug-likeness (QED) is 0.658. The highest BCUT2D eigenvalue weighted by molar-refractivity contribution is 6.34. The van der Waals surface area contributed by atoms with Crippen molar-refractivity contribution < 1.29 is 14.4 Å². The van der Waals surface area contributed by atoms with Gasteiger partial charge in [0.2, 0.25) is 5.91 Å². The number of hydrogen-bond acceptors (Lipinski definition) is 4. The van der Waals surface area contributed by atoms with E-state index in [-0.39, 0.29) is 34.6 Å². The van der Waals surface area contributed by atoms with Crippen molar-refractivity contribution in [3.05, 3.63) is 28.0 Å². The van der Waals surface area contributed by atoms with Gasteiger partial charge in [0.1, 0.15) is 16.3 Å². The first kappa shape index (κ1) is 14.7. The molecule has 0 bridgehead atoms. The molecule has 1 N–H and O–H groups in total. The molecule has 1 saturated heterocycles. The van der Waals surface area contributed by atoms with Gasteiger partial charge in [0, 0.05) is 13.5 Å². The maximum Gasteiger partial charge on any atom is 0.255 e. The summed E-state index contributed by atoms with van der Waals surface area (Å²) in [5.74, 6) is -1.22. The lowest BCUT2D eigenvalue weighted by atomic mass is 10.0. The fourth-order valence-corrected chi connectivity index (χ4v) is 2.30. The smallest absolute Gasteiger partial charge is 0.255 e. The molecule has 0 saturated carbocycles. The molecule has 0 radical (unpaired) electrons. The third-order valence-electron chi connectivity index (χ3n) is 3.01. The summed E-state index contributed by atoms with van der Waals surface area (Å²) in [6.07, 6.45) is 0.478. The van der Waals surface area contributed by atoms with E-state index in [2.05, 4.69) is 10.3 Å². The lowest BCUT2D eigenvalue weighted by Crippen LogP contribution is -2.52. The molecule has 0 aliphatic carbocycles. The number of imide groups is 1. The number of likely N-dealkylation sites (N-methyl/N-ethyl adjacent to an activating group) is 1. The van der Waals surface area contributed by atoms with E-state index in [0.29, 0.717) is 0 Å². The second kappa shape index (κ2) is 5.76. The van der Waals surface area contributed by atoms with Crippen molar-refractivity contribution in [1.82, 2.24) is 15.2 Å². The first-order valence-electron chi connectivity index (χ1n) is 5.83. The first-order chi connectivity index (χ1) is 9.40. The van der Waals surface area contributed by atoms with Gasteiger partial charge >= 0.3 is 0 Å². The third kappa shape index (κ3) is 2.91. The van der Waals surface area contributed by atoms with Gasteiger partial charge in [-0.15, -0.1) is 0 Å². The molecule has 1 unspecified atom stereocenters. The van der Waals surface area contributed by atoms with Gasteiger partial charge in [0.25, 0.3) is 11.8 Å². The molecule has 0 spiro atoms. The van der Waals surface area contributed by atoms with Gasteiger partial charge in [0.05, 0.1) is 5.56 Å². The molecular weight excluding hydrogens is 305 g/mol. The van der Waals surface area contributed by atoms with E-state index in [0.717, 1.165) is 4.90 Å². The van der Waals surface area contributed by atoms with Crippen molar-refractivity contribution in [2.24, 2.45) is 0 Å². The van der Waals surface area contributed by atoms with Crippen LogP contribution in [0.3, 0.4) is 0 Å². The molecule has 1 aliphatic heterocycles. The number of amides is 3. The second-order valence-electron chi connectivity index (χ2n) is 4.33. The topological polar surface area (TPSA) is 79.4 Å². The van der Waals surface area contributed by atoms with Crippen LogP contribution in [0.5, 0.6) is 0 Å². The lowest BCUT2D eigenvalue weighted by molar-refractivity contribution is -0.147. The fourth-order valence-electron chi connectivity index (χ4n) is 1.87. The molecule has 6 nitrogen and oxygen atoms in total. The van der Waals surface area contributed by atoms with Crippen LogP contribution >= 0.6 is 23.2 Å². The monoisotopic (exact) mass is 315 g/mol. The van der Waals surface area contributed by atoms with Crippen molar-refractivity contribution >= 4 is 40.9 Å². The summed E-state index contributed by atoms with van der Waals surface area (Å²) < 4.78 is 0. The molecule has 1 fully saturated rings. The van der Waals surface area contributed by atoms with Crippen molar-refractivity contribution in [2.75, 3.05) is 7.05 Å². The third-order valence-corrected chi connectivity index (χ3v) is 3.51. The Labute approximate surface area is 125 Å². The van der Waals surface area contributed by atoms with Crippen molar-refractivity contribution in [3.63, 3.8) is 0 Å². The number of nitrogens with one attached hydrogen (secondary N) is 1. The van der Waals surface area contributed by atoms with E-state index in [1.807, 2.05) is 0 Å². The van der Waals surface area contributed by atoms with Crippen LogP contribution in [0, 0.1) is 0 Å². The van der Waals surface area contributed by atoms with Crippen LogP contribution in [0.25, 0.3) is 0 Å². The normalized spacial score (nSPS) is 19.1. The van der Waals surface area contributed by atoms with E-state index >= 15 is 0 Å². The van der Waals surface area contributed by atoms with Crippen LogP contribution in [0.1, 0.15) is 23.2 Å². The number of rotatable bonds is 2. The molecule has 20 heavy (non-hydrogen) atoms. The average Bonchev–Trinajstić information content (AvgIpc) is 2.39. The van der Waals surface area contributed by atoms with E-state index in [1.54, 1.807) is 0 Å². The molecule has 106 valence electrons. The van der Waals surface area contributed by atoms with Crippen LogP contribution in [0.15, 0.2) is 12.1 Å². The standard InChI is InChI=1S/C12H11Cl2N3O3/c1-17-9(18)5-3-7(12(17)20)15-11(19)6-2-4-8(13)16-10(6)14/h2,4,7H,3,5H2,1H3,(H,15,19). The molecule has 1 atom stereocenters. The van der Waals surface area contributed by atoms with Gasteiger partial charge in [-0.3, -0.25) is 19.3 Å². The Hall–Kier alpha value is -1.66. The Morgan fingerprint density at radius 2 is 2.10 bits per heavy atom. The van der Waals surface area contributed by atoms with Gasteiger partial charge in [-0.25, -0.2) is 4.98 Å². The minimum atomic E-state index is -0.739. The summed E-state index contributed by atoms with van der Waals surface area (Å²) >= 11 is 11.5. The predicted molar refractivity (Wildman–Crippen MR) is 72.5 cm³/mol. The van der Waals surface area contributed by atoms with Crippen LogP contribution < -0.4 is 5.32 Å². The Bertz CT molecular complexity index is 591. The maximum absolute atomic E-state index is 12.0. The van der Waals surface area contributed by atoms with Gasteiger partial charge in [-0.05, 0) is 18.6 Å². The zero-order chi connectivity index (χ0) is 14.9. The summed E-state index contributed by atoms with van der Waals surface area (Å²) in [6.45, 7) is 0. The number of aromatic nitrogens is 1. The summed E-state index contributed by atoms with van der Waals surface area (Å²) in [4.78, 5) is 40.0. The first-order valence-corrected chi connectivity index (χ1v) is 6.59. The van der Waals surface area contributed by atoms with Crippen LogP contribution in [-0.4, -0.2) is 40.7 Å². The van der Waals surface area contributed by atoms with Crippen LogP contribution in [0.2, 0.25) is 10.3 Å². The van der Waals surface area contributed by atoms with E-state index in [9.17, 15) is 14.4 Å². The number of piperidine rings is 1. The van der Waals surface area contributed by atoms with Gasteiger partial charge < -0.3 is 5.32 Å². The molecule has 1 aromatic heterocycles. The molecule has 0 aromatic carbocycles. The minimum absolute atomic E-state index is 0.0392. The summed E-state index contributed by atoms with van der Waals surface area (Å²) in [5.41, 5.74) is 0.128. The molecule has 1 aliphatic rings. The van der Waals surface area contributed by atoms with Crippen molar-refractivity contribution in [3.8, 4) is 0 Å². The molecular formula is C12H11Cl2N3O3. The highest BCUT2D eigenvalue weighted by Gasteiger charge is 2.33. The zero-order valence-electron chi connectivity index (χ0n) is 10.5. The van der Waals surface area contributed by atoms with Gasteiger partial charge in [-0.2, -0.15) is 0 Å². The predicted octanol–water partition coefficient (Wildman–Crippen LogP) is 1.27. The Balaban J connectivity index is 2.12. The summed E-state index contributed by atoms with van der Waals surface area (Å²) in [6, 6.07) is 2.12. The van der Waals surface area contributed by atoms with Crippen LogP contribution in [-0.2, 0) is 9.59 Å². The Morgan fingerprint density at radius 3 is 2.75 bits per heavy atom. The number of pyridine rings is 1. The summed E-state index contributed by atoms with van der Waals surface area (Å²) in [5, 5.41) is 2.68. The highest BCUT2D eigenvalue weighted by Crippen LogP contribution is 2.18. The Kier molecular flexibility index (Phi) is 4.25. The fraction of sp³-hybridized carbons (Fsp3) is 0.333. The second-order valence-corrected chi connectivity index (χ2v) is 5.07. The molecule has 1 aromatic rings. The molecule has 3 amide bonds. The van der Waals surface area contributed by atoms with E-state index < -0.39 is 17.9 Å². The number of nitrogens with zero attached hydrogens (tertiary/aromatic N) is 2. The highest BCUT2D eigenvalue weighted by atomic mass is 35.5. The lowest BCUT2D eigenvalue weighted by Gasteiger charge is -2.28. The molecule has 2 heterocycles. The number of likely N-dealkylation sites (tertiary alicyclic amines) is 1. The zero-order valence-corrected chi connectivity index (χ0v) is 12.0. The number of hydrogen-bond donors (Lipinski definition) is 1. The van der Waals surface area contributed by atoms with E-state index in [1.165, 1.54) is 19.2 Å². The average molecular weight is 316 g/mol. The van der Waals surface area contributed by atoms with E-state index in [4.69, 9.17) is 23.2 Å². The number of carbonyl (C=O) groups is 3. The number of halogens is 2. The van der Waals surface area contributed by atoms with Gasteiger partial charge in [-0.1, -0.05) is 23.2 Å². The maximum atomic E-state index is 12.0. The largest absolute Gasteiger partial charge is 0.340 e. The molecule has 2 rings (SSSR count). The van der Waals surface area contributed by atoms with Crippen molar-refractivity contribution in [2.45, 2.75) is 18.9 Å². The van der Waals surface area contributed by atoms with Crippen molar-refractivity contribution in [1.29, 1.82) is 0 Å². The number of carbonyl (C=O) groups excluding carboxylic acids is 3. The van der Waals surface area contributed by atoms with Gasteiger partial charge in [0.15, 0.2) is 0 Å². The minimum Gasteiger partial charge on any atom is -0.340 e. The Morgan fingerprint density at radius 1 is 1.40 bits per heavy atom. The van der Waals surface area contributed by atoms with Crippen LogP contribution in [0.4, 0.5) is 0 Å².